The predicted octanol–water partition coefficient (Wildman–Crippen LogP) is 2.05. The van der Waals surface area contributed by atoms with E-state index in [0.717, 1.165) is 5.69 Å². The Hall–Kier alpha value is -4.21. The lowest BCUT2D eigenvalue weighted by molar-refractivity contribution is 0.0945. The average molecular weight is 405 g/mol. The van der Waals surface area contributed by atoms with E-state index in [-0.39, 0.29) is 24.8 Å². The van der Waals surface area contributed by atoms with Crippen molar-refractivity contribution in [3.05, 3.63) is 77.9 Å². The zero-order valence-electron chi connectivity index (χ0n) is 16.1. The molecule has 0 unspecified atom stereocenters. The third-order valence-corrected chi connectivity index (χ3v) is 4.32. The molecular weight excluding hydrogens is 386 g/mol. The van der Waals surface area contributed by atoms with Crippen molar-refractivity contribution in [2.75, 3.05) is 5.73 Å². The molecule has 0 saturated heterocycles. The number of hydrogen-bond acceptors (Lipinski definition) is 8. The Labute approximate surface area is 171 Å². The molecule has 4 rings (SSSR count). The summed E-state index contributed by atoms with van der Waals surface area (Å²) in [6, 6.07) is 11.0. The lowest BCUT2D eigenvalue weighted by atomic mass is 10.1. The van der Waals surface area contributed by atoms with Crippen LogP contribution in [0.1, 0.15) is 27.6 Å². The summed E-state index contributed by atoms with van der Waals surface area (Å²) in [4.78, 5) is 20.8. The molecule has 1 aromatic carbocycles. The Morgan fingerprint density at radius 3 is 2.90 bits per heavy atom. The Morgan fingerprint density at radius 2 is 2.13 bits per heavy atom. The first-order chi connectivity index (χ1) is 14.6. The van der Waals surface area contributed by atoms with Crippen molar-refractivity contribution < 1.29 is 13.9 Å². The molecule has 30 heavy (non-hydrogen) atoms. The molecule has 0 fully saturated rings. The molecule has 3 heterocycles. The van der Waals surface area contributed by atoms with Gasteiger partial charge in [-0.3, -0.25) is 4.79 Å². The summed E-state index contributed by atoms with van der Waals surface area (Å²) in [5, 5.41) is 10.8. The third-order valence-electron chi connectivity index (χ3n) is 4.32. The zero-order chi connectivity index (χ0) is 20.9. The summed E-state index contributed by atoms with van der Waals surface area (Å²) >= 11 is 0. The molecule has 152 valence electrons. The second kappa shape index (κ2) is 8.43. The molecule has 1 amide bonds. The van der Waals surface area contributed by atoms with Crippen LogP contribution in [0.4, 0.5) is 5.82 Å². The number of ether oxygens (including phenoxy) is 1. The summed E-state index contributed by atoms with van der Waals surface area (Å²) < 4.78 is 12.5. The van der Waals surface area contributed by atoms with Gasteiger partial charge in [0.1, 0.15) is 17.8 Å². The van der Waals surface area contributed by atoms with Crippen molar-refractivity contribution in [1.29, 1.82) is 0 Å². The van der Waals surface area contributed by atoms with Gasteiger partial charge in [-0.05, 0) is 19.1 Å². The fraction of sp³-hybridized carbons (Fsp3) is 0.150. The normalized spacial score (nSPS) is 10.7. The fourth-order valence-electron chi connectivity index (χ4n) is 2.83. The number of pyridine rings is 1. The molecule has 0 aliphatic rings. The topological polar surface area (TPSA) is 134 Å². The number of amides is 1. The number of aryl methyl sites for hydroxylation is 1. The minimum Gasteiger partial charge on any atom is -0.483 e. The number of nitrogens with zero attached hydrogens (tertiary/aromatic N) is 5. The molecule has 0 spiro atoms. The molecule has 0 saturated carbocycles. The lowest BCUT2D eigenvalue weighted by Crippen LogP contribution is -2.24. The molecule has 3 N–H and O–H groups in total. The number of anilines is 1. The van der Waals surface area contributed by atoms with Crippen molar-refractivity contribution in [2.24, 2.45) is 0 Å². The average Bonchev–Trinajstić information content (AvgIpc) is 3.44. The van der Waals surface area contributed by atoms with E-state index < -0.39 is 0 Å². The monoisotopic (exact) mass is 405 g/mol. The molecule has 0 aliphatic heterocycles. The van der Waals surface area contributed by atoms with Gasteiger partial charge in [0.15, 0.2) is 12.3 Å². The predicted molar refractivity (Wildman–Crippen MR) is 107 cm³/mol. The van der Waals surface area contributed by atoms with E-state index in [1.165, 1.54) is 17.1 Å². The van der Waals surface area contributed by atoms with E-state index >= 15 is 0 Å². The van der Waals surface area contributed by atoms with Gasteiger partial charge in [-0.2, -0.15) is 0 Å². The van der Waals surface area contributed by atoms with Gasteiger partial charge >= 0.3 is 0 Å². The highest BCUT2D eigenvalue weighted by molar-refractivity contribution is 5.91. The fourth-order valence-corrected chi connectivity index (χ4v) is 2.83. The SMILES string of the molecule is Cc1nc(N)cc(OCc2ncco2)c1CNC(=O)c1cn(-c2ccccc2)nn1. The molecule has 0 aliphatic carbocycles. The quantitative estimate of drug-likeness (QED) is 0.477. The summed E-state index contributed by atoms with van der Waals surface area (Å²) in [5.41, 5.74) is 8.19. The van der Waals surface area contributed by atoms with Gasteiger partial charge in [-0.1, -0.05) is 23.4 Å². The van der Waals surface area contributed by atoms with Crippen LogP contribution >= 0.6 is 0 Å². The first-order valence-corrected chi connectivity index (χ1v) is 9.13. The maximum atomic E-state index is 12.6. The van der Waals surface area contributed by atoms with Gasteiger partial charge in [0, 0.05) is 23.9 Å². The lowest BCUT2D eigenvalue weighted by Gasteiger charge is -2.14. The molecule has 3 aromatic heterocycles. The molecule has 0 atom stereocenters. The van der Waals surface area contributed by atoms with Crippen LogP contribution in [0, 0.1) is 6.92 Å². The van der Waals surface area contributed by atoms with E-state index in [9.17, 15) is 4.79 Å². The van der Waals surface area contributed by atoms with Crippen LogP contribution in [0.15, 0.2) is 59.5 Å². The number of carbonyl (C=O) groups is 1. The van der Waals surface area contributed by atoms with Crippen molar-refractivity contribution >= 4 is 11.7 Å². The van der Waals surface area contributed by atoms with Crippen molar-refractivity contribution in [3.8, 4) is 11.4 Å². The molecule has 0 radical (unpaired) electrons. The highest BCUT2D eigenvalue weighted by Crippen LogP contribution is 2.24. The van der Waals surface area contributed by atoms with Crippen molar-refractivity contribution in [1.82, 2.24) is 30.3 Å². The molecule has 10 heteroatoms. The number of rotatable bonds is 7. The van der Waals surface area contributed by atoms with E-state index in [4.69, 9.17) is 14.9 Å². The standard InChI is InChI=1S/C20H19N7O3/c1-13-15(17(9-18(21)24-13)30-12-19-22-7-8-29-19)10-23-20(28)16-11-27(26-25-16)14-5-3-2-4-6-14/h2-9,11H,10,12H2,1H3,(H2,21,24)(H,23,28). The van der Waals surface area contributed by atoms with Crippen LogP contribution in [0.5, 0.6) is 5.75 Å². The number of benzene rings is 1. The minimum atomic E-state index is -0.368. The smallest absolute Gasteiger partial charge is 0.273 e. The Kier molecular flexibility index (Phi) is 5.37. The Morgan fingerprint density at radius 1 is 1.30 bits per heavy atom. The highest BCUT2D eigenvalue weighted by atomic mass is 16.5. The van der Waals surface area contributed by atoms with E-state index in [1.807, 2.05) is 30.3 Å². The van der Waals surface area contributed by atoms with Crippen LogP contribution in [0.25, 0.3) is 5.69 Å². The van der Waals surface area contributed by atoms with Crippen LogP contribution < -0.4 is 15.8 Å². The summed E-state index contributed by atoms with van der Waals surface area (Å²) in [6.45, 7) is 2.10. The van der Waals surface area contributed by atoms with Crippen LogP contribution in [0.2, 0.25) is 0 Å². The number of aromatic nitrogens is 5. The van der Waals surface area contributed by atoms with Crippen LogP contribution in [-0.2, 0) is 13.2 Å². The van der Waals surface area contributed by atoms with Crippen molar-refractivity contribution in [3.63, 3.8) is 0 Å². The highest BCUT2D eigenvalue weighted by Gasteiger charge is 2.16. The summed E-state index contributed by atoms with van der Waals surface area (Å²) in [6.07, 6.45) is 4.57. The number of carbonyl (C=O) groups excluding carboxylic acids is 1. The zero-order valence-corrected chi connectivity index (χ0v) is 16.1. The second-order valence-corrected chi connectivity index (χ2v) is 6.39. The number of nitrogens with two attached hydrogens (primary N) is 1. The van der Waals surface area contributed by atoms with E-state index in [2.05, 4.69) is 25.6 Å². The van der Waals surface area contributed by atoms with Crippen molar-refractivity contribution in [2.45, 2.75) is 20.1 Å². The second-order valence-electron chi connectivity index (χ2n) is 6.39. The Balaban J connectivity index is 1.46. The minimum absolute atomic E-state index is 0.127. The number of hydrogen-bond donors (Lipinski definition) is 2. The number of nitrogen functional groups attached to an aromatic ring is 1. The summed E-state index contributed by atoms with van der Waals surface area (Å²) in [5.74, 6) is 0.866. The third kappa shape index (κ3) is 4.27. The number of oxazole rings is 1. The van der Waals surface area contributed by atoms with Crippen LogP contribution in [-0.4, -0.2) is 30.9 Å². The van der Waals surface area contributed by atoms with Gasteiger partial charge in [-0.15, -0.1) is 5.10 Å². The Bertz CT molecular complexity index is 1140. The van der Waals surface area contributed by atoms with Gasteiger partial charge < -0.3 is 20.2 Å². The van der Waals surface area contributed by atoms with Crippen LogP contribution in [0.3, 0.4) is 0 Å². The first kappa shape index (κ1) is 19.1. The number of nitrogens with one attached hydrogen (secondary N) is 1. The largest absolute Gasteiger partial charge is 0.483 e. The summed E-state index contributed by atoms with van der Waals surface area (Å²) in [7, 11) is 0. The van der Waals surface area contributed by atoms with Gasteiger partial charge in [0.25, 0.3) is 5.91 Å². The number of para-hydroxylation sites is 1. The van der Waals surface area contributed by atoms with Gasteiger partial charge in [0.05, 0.1) is 18.1 Å². The first-order valence-electron chi connectivity index (χ1n) is 9.13. The molecule has 4 aromatic rings. The van der Waals surface area contributed by atoms with E-state index in [0.29, 0.717) is 28.7 Å². The maximum Gasteiger partial charge on any atom is 0.273 e. The van der Waals surface area contributed by atoms with Gasteiger partial charge in [0.2, 0.25) is 5.89 Å². The molecule has 0 bridgehead atoms. The van der Waals surface area contributed by atoms with E-state index in [1.54, 1.807) is 19.2 Å². The van der Waals surface area contributed by atoms with Gasteiger partial charge in [-0.25, -0.2) is 14.6 Å². The molecular formula is C20H19N7O3. The molecule has 10 nitrogen and oxygen atoms in total. The maximum absolute atomic E-state index is 12.6.